The second-order valence-electron chi connectivity index (χ2n) is 4.44. The van der Waals surface area contributed by atoms with Crippen LogP contribution in [0.15, 0.2) is 48.5 Å². The molecule has 19 heavy (non-hydrogen) atoms. The molecule has 1 aliphatic rings. The molecule has 0 radical (unpaired) electrons. The highest BCUT2D eigenvalue weighted by Gasteiger charge is 2.40. The Labute approximate surface area is 116 Å². The van der Waals surface area contributed by atoms with E-state index in [1.54, 1.807) is 0 Å². The lowest BCUT2D eigenvalue weighted by molar-refractivity contribution is -0.129. The number of ether oxygens (including phenoxy) is 2. The molecule has 0 saturated carbocycles. The lowest BCUT2D eigenvalue weighted by Crippen LogP contribution is -2.28. The SMILES string of the molecule is Nc1ccc(C2(c3ccc(Cl)cc3)OCCO2)cc1. The van der Waals surface area contributed by atoms with E-state index < -0.39 is 5.79 Å². The summed E-state index contributed by atoms with van der Waals surface area (Å²) in [7, 11) is 0. The summed E-state index contributed by atoms with van der Waals surface area (Å²) in [6.07, 6.45) is 0. The molecule has 2 aromatic carbocycles. The van der Waals surface area contributed by atoms with Crippen molar-refractivity contribution in [1.82, 2.24) is 0 Å². The summed E-state index contributed by atoms with van der Waals surface area (Å²) in [6.45, 7) is 1.13. The van der Waals surface area contributed by atoms with Gasteiger partial charge in [0.2, 0.25) is 5.79 Å². The molecule has 0 aliphatic carbocycles. The van der Waals surface area contributed by atoms with Gasteiger partial charge in [0.25, 0.3) is 0 Å². The van der Waals surface area contributed by atoms with E-state index in [-0.39, 0.29) is 0 Å². The second kappa shape index (κ2) is 4.85. The van der Waals surface area contributed by atoms with Gasteiger partial charge in [0.05, 0.1) is 13.2 Å². The van der Waals surface area contributed by atoms with Crippen molar-refractivity contribution in [3.05, 3.63) is 64.7 Å². The van der Waals surface area contributed by atoms with Crippen LogP contribution in [0.25, 0.3) is 0 Å². The van der Waals surface area contributed by atoms with Gasteiger partial charge in [-0.1, -0.05) is 35.9 Å². The first-order chi connectivity index (χ1) is 9.21. The lowest BCUT2D eigenvalue weighted by atomic mass is 9.97. The van der Waals surface area contributed by atoms with Crippen LogP contribution >= 0.6 is 11.6 Å². The van der Waals surface area contributed by atoms with Gasteiger partial charge < -0.3 is 15.2 Å². The minimum Gasteiger partial charge on any atom is -0.399 e. The molecule has 0 amide bonds. The van der Waals surface area contributed by atoms with Gasteiger partial charge in [0.1, 0.15) is 0 Å². The Morgan fingerprint density at radius 3 is 1.84 bits per heavy atom. The summed E-state index contributed by atoms with van der Waals surface area (Å²) in [6, 6.07) is 15.1. The van der Waals surface area contributed by atoms with Crippen molar-refractivity contribution in [1.29, 1.82) is 0 Å². The van der Waals surface area contributed by atoms with Crippen molar-refractivity contribution < 1.29 is 9.47 Å². The molecule has 1 fully saturated rings. The molecule has 0 aromatic heterocycles. The predicted molar refractivity (Wildman–Crippen MR) is 75.0 cm³/mol. The third-order valence-corrected chi connectivity index (χ3v) is 3.46. The number of anilines is 1. The van der Waals surface area contributed by atoms with Crippen molar-refractivity contribution in [2.45, 2.75) is 5.79 Å². The highest BCUT2D eigenvalue weighted by molar-refractivity contribution is 6.30. The minimum atomic E-state index is -0.849. The standard InChI is InChI=1S/C15H14ClNO2/c16-13-5-1-11(2-6-13)15(18-9-10-19-15)12-3-7-14(17)8-4-12/h1-8H,9-10,17H2. The van der Waals surface area contributed by atoms with Crippen LogP contribution in [0.2, 0.25) is 5.02 Å². The average molecular weight is 276 g/mol. The minimum absolute atomic E-state index is 0.563. The quantitative estimate of drug-likeness (QED) is 0.856. The van der Waals surface area contributed by atoms with E-state index in [4.69, 9.17) is 26.8 Å². The fourth-order valence-electron chi connectivity index (χ4n) is 2.28. The normalized spacial score (nSPS) is 17.5. The van der Waals surface area contributed by atoms with Gasteiger partial charge in [-0.15, -0.1) is 0 Å². The van der Waals surface area contributed by atoms with Crippen molar-refractivity contribution in [2.75, 3.05) is 18.9 Å². The molecule has 4 heteroatoms. The van der Waals surface area contributed by atoms with E-state index in [2.05, 4.69) is 0 Å². The molecule has 0 unspecified atom stereocenters. The summed E-state index contributed by atoms with van der Waals surface area (Å²) < 4.78 is 11.8. The molecule has 3 rings (SSSR count). The van der Waals surface area contributed by atoms with Gasteiger partial charge >= 0.3 is 0 Å². The van der Waals surface area contributed by atoms with Crippen molar-refractivity contribution in [2.24, 2.45) is 0 Å². The summed E-state index contributed by atoms with van der Waals surface area (Å²) in [5.74, 6) is -0.849. The topological polar surface area (TPSA) is 44.5 Å². The van der Waals surface area contributed by atoms with E-state index >= 15 is 0 Å². The van der Waals surface area contributed by atoms with Crippen molar-refractivity contribution in [3.63, 3.8) is 0 Å². The smallest absolute Gasteiger partial charge is 0.222 e. The summed E-state index contributed by atoms with van der Waals surface area (Å²) >= 11 is 5.93. The number of hydrogen-bond acceptors (Lipinski definition) is 3. The van der Waals surface area contributed by atoms with Crippen molar-refractivity contribution in [3.8, 4) is 0 Å². The largest absolute Gasteiger partial charge is 0.399 e. The van der Waals surface area contributed by atoms with Crippen LogP contribution in [0, 0.1) is 0 Å². The monoisotopic (exact) mass is 275 g/mol. The van der Waals surface area contributed by atoms with Crippen LogP contribution in [-0.4, -0.2) is 13.2 Å². The van der Waals surface area contributed by atoms with E-state index in [0.29, 0.717) is 23.9 Å². The highest BCUT2D eigenvalue weighted by atomic mass is 35.5. The number of nitrogens with two attached hydrogens (primary N) is 1. The Morgan fingerprint density at radius 2 is 1.32 bits per heavy atom. The van der Waals surface area contributed by atoms with Crippen LogP contribution in [0.5, 0.6) is 0 Å². The zero-order valence-corrected chi connectivity index (χ0v) is 11.1. The third kappa shape index (κ3) is 2.21. The summed E-state index contributed by atoms with van der Waals surface area (Å²) in [4.78, 5) is 0. The average Bonchev–Trinajstić information content (AvgIpc) is 2.91. The molecule has 3 nitrogen and oxygen atoms in total. The van der Waals surface area contributed by atoms with Crippen LogP contribution in [0.1, 0.15) is 11.1 Å². The maximum atomic E-state index is 5.93. The van der Waals surface area contributed by atoms with Gasteiger partial charge in [0.15, 0.2) is 0 Å². The highest BCUT2D eigenvalue weighted by Crippen LogP contribution is 2.38. The molecule has 0 bridgehead atoms. The lowest BCUT2D eigenvalue weighted by Gasteiger charge is -2.28. The number of halogens is 1. The predicted octanol–water partition coefficient (Wildman–Crippen LogP) is 3.17. The zero-order chi connectivity index (χ0) is 13.3. The van der Waals surface area contributed by atoms with Crippen LogP contribution in [-0.2, 0) is 15.3 Å². The van der Waals surface area contributed by atoms with E-state index in [1.807, 2.05) is 48.5 Å². The molecule has 1 heterocycles. The Morgan fingerprint density at radius 1 is 0.842 bits per heavy atom. The fourth-order valence-corrected chi connectivity index (χ4v) is 2.41. The maximum Gasteiger partial charge on any atom is 0.222 e. The first-order valence-corrected chi connectivity index (χ1v) is 6.48. The Hall–Kier alpha value is -1.55. The van der Waals surface area contributed by atoms with Gasteiger partial charge in [-0.3, -0.25) is 0 Å². The molecule has 2 aromatic rings. The molecule has 1 saturated heterocycles. The number of rotatable bonds is 2. The van der Waals surface area contributed by atoms with Crippen LogP contribution in [0.3, 0.4) is 0 Å². The molecule has 98 valence electrons. The van der Waals surface area contributed by atoms with Gasteiger partial charge in [-0.2, -0.15) is 0 Å². The summed E-state index contributed by atoms with van der Waals surface area (Å²) in [5, 5.41) is 0.689. The third-order valence-electron chi connectivity index (χ3n) is 3.21. The molecule has 0 atom stereocenters. The van der Waals surface area contributed by atoms with Crippen LogP contribution < -0.4 is 5.73 Å². The number of nitrogen functional groups attached to an aromatic ring is 1. The Kier molecular flexibility index (Phi) is 3.19. The van der Waals surface area contributed by atoms with Gasteiger partial charge in [0, 0.05) is 21.8 Å². The van der Waals surface area contributed by atoms with E-state index in [1.165, 1.54) is 0 Å². The maximum absolute atomic E-state index is 5.93. The van der Waals surface area contributed by atoms with Crippen molar-refractivity contribution >= 4 is 17.3 Å². The first kappa shape index (κ1) is 12.5. The van der Waals surface area contributed by atoms with E-state index in [9.17, 15) is 0 Å². The van der Waals surface area contributed by atoms with Crippen LogP contribution in [0.4, 0.5) is 5.69 Å². The Balaban J connectivity index is 2.08. The number of benzene rings is 2. The first-order valence-electron chi connectivity index (χ1n) is 6.11. The Bertz CT molecular complexity index is 512. The molecule has 1 aliphatic heterocycles. The zero-order valence-electron chi connectivity index (χ0n) is 10.3. The summed E-state index contributed by atoms with van der Waals surface area (Å²) in [5.41, 5.74) is 8.31. The number of hydrogen-bond donors (Lipinski definition) is 1. The fraction of sp³-hybridized carbons (Fsp3) is 0.200. The van der Waals surface area contributed by atoms with Gasteiger partial charge in [-0.05, 0) is 24.3 Å². The second-order valence-corrected chi connectivity index (χ2v) is 4.88. The van der Waals surface area contributed by atoms with E-state index in [0.717, 1.165) is 11.1 Å². The molecular formula is C15H14ClNO2. The molecular weight excluding hydrogens is 262 g/mol. The van der Waals surface area contributed by atoms with Gasteiger partial charge in [-0.25, -0.2) is 0 Å². The molecule has 0 spiro atoms. The molecule has 2 N–H and O–H groups in total.